The number of aromatic nitrogens is 3. The van der Waals surface area contributed by atoms with Gasteiger partial charge in [-0.2, -0.15) is 0 Å². The first-order valence-electron chi connectivity index (χ1n) is 9.84. The monoisotopic (exact) mass is 436 g/mol. The predicted molar refractivity (Wildman–Crippen MR) is 118 cm³/mol. The summed E-state index contributed by atoms with van der Waals surface area (Å²) < 4.78 is 18.9. The number of nitrogens with zero attached hydrogens (tertiary/aromatic N) is 3. The van der Waals surface area contributed by atoms with E-state index in [0.29, 0.717) is 41.5 Å². The number of rotatable bonds is 5. The van der Waals surface area contributed by atoms with Gasteiger partial charge in [-0.1, -0.05) is 30.0 Å². The first-order valence-corrected chi connectivity index (χ1v) is 10.7. The fourth-order valence-corrected chi connectivity index (χ4v) is 4.11. The molecule has 158 valence electrons. The van der Waals surface area contributed by atoms with Gasteiger partial charge in [-0.15, -0.1) is 10.2 Å². The van der Waals surface area contributed by atoms with Crippen molar-refractivity contribution in [2.24, 2.45) is 7.05 Å². The van der Waals surface area contributed by atoms with Crippen molar-refractivity contribution in [1.82, 2.24) is 14.8 Å². The van der Waals surface area contributed by atoms with Crippen molar-refractivity contribution in [3.05, 3.63) is 48.5 Å². The second kappa shape index (κ2) is 7.99. The number of amides is 1. The zero-order valence-corrected chi connectivity index (χ0v) is 17.8. The molecule has 0 radical (unpaired) electrons. The third-order valence-electron chi connectivity index (χ3n) is 5.03. The molecule has 1 N–H and O–H groups in total. The van der Waals surface area contributed by atoms with E-state index in [0.717, 1.165) is 16.6 Å². The highest BCUT2D eigenvalue weighted by Gasteiger charge is 2.21. The Labute approximate surface area is 182 Å². The Morgan fingerprint density at radius 2 is 1.90 bits per heavy atom. The Balaban J connectivity index is 1.27. The lowest BCUT2D eigenvalue weighted by molar-refractivity contribution is -0.115. The number of thioether (sulfide) groups is 1. The van der Waals surface area contributed by atoms with Gasteiger partial charge in [-0.3, -0.25) is 4.79 Å². The summed E-state index contributed by atoms with van der Waals surface area (Å²) in [5.41, 5.74) is 2.55. The predicted octanol–water partition coefficient (Wildman–Crippen LogP) is 4.12. The summed E-state index contributed by atoms with van der Waals surface area (Å²) in [4.78, 5) is 12.6. The van der Waals surface area contributed by atoms with Gasteiger partial charge in [-0.25, -0.2) is 0 Å². The van der Waals surface area contributed by atoms with Crippen LogP contribution in [0.1, 0.15) is 6.92 Å². The summed E-state index contributed by atoms with van der Waals surface area (Å²) in [5.74, 6) is 1.55. The van der Waals surface area contributed by atoms with Gasteiger partial charge in [0, 0.05) is 29.7 Å². The molecule has 3 heterocycles. The van der Waals surface area contributed by atoms with Gasteiger partial charge >= 0.3 is 0 Å². The van der Waals surface area contributed by atoms with E-state index < -0.39 is 5.25 Å². The van der Waals surface area contributed by atoms with Crippen LogP contribution in [0.15, 0.2) is 58.2 Å². The zero-order valence-electron chi connectivity index (χ0n) is 17.0. The minimum atomic E-state index is -0.436. The van der Waals surface area contributed by atoms with E-state index in [1.807, 2.05) is 41.9 Å². The van der Waals surface area contributed by atoms with Crippen LogP contribution in [-0.4, -0.2) is 39.1 Å². The maximum atomic E-state index is 12.6. The van der Waals surface area contributed by atoms with Crippen LogP contribution in [0.2, 0.25) is 0 Å². The number of benzene rings is 2. The molecule has 0 spiro atoms. The number of para-hydroxylation sites is 1. The normalized spacial score (nSPS) is 13.9. The molecule has 1 aliphatic heterocycles. The minimum Gasteiger partial charge on any atom is -0.486 e. The molecule has 0 unspecified atom stereocenters. The van der Waals surface area contributed by atoms with Gasteiger partial charge in [0.2, 0.25) is 5.91 Å². The smallest absolute Gasteiger partial charge is 0.277 e. The van der Waals surface area contributed by atoms with Crippen LogP contribution in [0.25, 0.3) is 22.5 Å². The van der Waals surface area contributed by atoms with Crippen LogP contribution in [-0.2, 0) is 11.8 Å². The largest absolute Gasteiger partial charge is 0.486 e. The highest BCUT2D eigenvalue weighted by molar-refractivity contribution is 8.00. The standard InChI is InChI=1S/C22H20N4O4S/c1-13(20(27)23-15-7-8-18-19(12-15)29-10-9-28-18)31-22-25-24-21(30-22)17-11-14-5-3-4-6-16(14)26(17)2/h3-8,11-13H,9-10H2,1-2H3,(H,23,27)/t13-/m0/s1. The number of fused-ring (bicyclic) bond motifs is 2. The van der Waals surface area contributed by atoms with E-state index in [2.05, 4.69) is 15.5 Å². The van der Waals surface area contributed by atoms with Crippen molar-refractivity contribution in [1.29, 1.82) is 0 Å². The van der Waals surface area contributed by atoms with Crippen LogP contribution >= 0.6 is 11.8 Å². The number of aryl methyl sites for hydroxylation is 1. The Morgan fingerprint density at radius 3 is 2.74 bits per heavy atom. The lowest BCUT2D eigenvalue weighted by Crippen LogP contribution is -2.22. The maximum Gasteiger partial charge on any atom is 0.277 e. The molecule has 0 aliphatic carbocycles. The Morgan fingerprint density at radius 1 is 1.10 bits per heavy atom. The topological polar surface area (TPSA) is 91.4 Å². The van der Waals surface area contributed by atoms with Crippen LogP contribution < -0.4 is 14.8 Å². The second-order valence-electron chi connectivity index (χ2n) is 7.13. The molecule has 0 saturated heterocycles. The molecule has 0 fully saturated rings. The lowest BCUT2D eigenvalue weighted by atomic mass is 10.2. The molecule has 1 amide bonds. The van der Waals surface area contributed by atoms with Crippen molar-refractivity contribution in [2.45, 2.75) is 17.4 Å². The van der Waals surface area contributed by atoms with E-state index in [-0.39, 0.29) is 5.91 Å². The molecule has 1 aliphatic rings. The van der Waals surface area contributed by atoms with Gasteiger partial charge in [-0.05, 0) is 31.2 Å². The third kappa shape index (κ3) is 3.84. The highest BCUT2D eigenvalue weighted by Crippen LogP contribution is 2.33. The van der Waals surface area contributed by atoms with Crippen molar-refractivity contribution in [2.75, 3.05) is 18.5 Å². The number of carbonyl (C=O) groups excluding carboxylic acids is 1. The lowest BCUT2D eigenvalue weighted by Gasteiger charge is -2.19. The summed E-state index contributed by atoms with van der Waals surface area (Å²) >= 11 is 1.21. The summed E-state index contributed by atoms with van der Waals surface area (Å²) in [6.45, 7) is 2.81. The van der Waals surface area contributed by atoms with E-state index in [9.17, 15) is 4.79 Å². The second-order valence-corrected chi connectivity index (χ2v) is 8.42. The van der Waals surface area contributed by atoms with Gasteiger partial charge in [0.1, 0.15) is 18.9 Å². The van der Waals surface area contributed by atoms with E-state index >= 15 is 0 Å². The maximum absolute atomic E-state index is 12.6. The summed E-state index contributed by atoms with van der Waals surface area (Å²) in [5, 5.41) is 12.2. The molecule has 0 saturated carbocycles. The quantitative estimate of drug-likeness (QED) is 0.471. The first-order chi connectivity index (χ1) is 15.1. The van der Waals surface area contributed by atoms with Gasteiger partial charge in [0.15, 0.2) is 11.5 Å². The molecule has 8 nitrogen and oxygen atoms in total. The van der Waals surface area contributed by atoms with Crippen molar-refractivity contribution >= 4 is 34.3 Å². The third-order valence-corrected chi connectivity index (χ3v) is 5.97. The SMILES string of the molecule is C[C@H](Sc1nnc(-c2cc3ccccc3n2C)o1)C(=O)Nc1ccc2c(c1)OCCO2. The molecular formula is C22H20N4O4S. The van der Waals surface area contributed by atoms with Crippen LogP contribution in [0.4, 0.5) is 5.69 Å². The van der Waals surface area contributed by atoms with E-state index in [1.54, 1.807) is 25.1 Å². The molecule has 1 atom stereocenters. The van der Waals surface area contributed by atoms with E-state index in [4.69, 9.17) is 13.9 Å². The van der Waals surface area contributed by atoms with Crippen molar-refractivity contribution in [3.8, 4) is 23.1 Å². The Kier molecular flexibility index (Phi) is 5.03. The molecule has 4 aromatic rings. The highest BCUT2D eigenvalue weighted by atomic mass is 32.2. The first kappa shape index (κ1) is 19.5. The zero-order chi connectivity index (χ0) is 21.4. The summed E-state index contributed by atoms with van der Waals surface area (Å²) in [6.07, 6.45) is 0. The number of nitrogens with one attached hydrogen (secondary N) is 1. The fourth-order valence-electron chi connectivity index (χ4n) is 3.42. The Hall–Kier alpha value is -3.46. The van der Waals surface area contributed by atoms with E-state index in [1.165, 1.54) is 11.8 Å². The number of carbonyl (C=O) groups is 1. The molecule has 31 heavy (non-hydrogen) atoms. The van der Waals surface area contributed by atoms with Gasteiger partial charge in [0.25, 0.3) is 11.1 Å². The minimum absolute atomic E-state index is 0.175. The Bertz CT molecular complexity index is 1270. The summed E-state index contributed by atoms with van der Waals surface area (Å²) in [6, 6.07) is 15.4. The number of ether oxygens (including phenoxy) is 2. The molecule has 2 aromatic heterocycles. The fraction of sp³-hybridized carbons (Fsp3) is 0.227. The average molecular weight is 436 g/mol. The molecular weight excluding hydrogens is 416 g/mol. The molecule has 5 rings (SSSR count). The molecule has 0 bridgehead atoms. The van der Waals surface area contributed by atoms with Crippen LogP contribution in [0, 0.1) is 0 Å². The number of hydrogen-bond acceptors (Lipinski definition) is 7. The van der Waals surface area contributed by atoms with Crippen LogP contribution in [0.3, 0.4) is 0 Å². The van der Waals surface area contributed by atoms with Crippen molar-refractivity contribution < 1.29 is 18.7 Å². The summed E-state index contributed by atoms with van der Waals surface area (Å²) in [7, 11) is 1.96. The van der Waals surface area contributed by atoms with Crippen molar-refractivity contribution in [3.63, 3.8) is 0 Å². The van der Waals surface area contributed by atoms with Gasteiger partial charge in [0.05, 0.1) is 5.25 Å². The molecule has 9 heteroatoms. The average Bonchev–Trinajstić information content (AvgIpc) is 3.38. The number of hydrogen-bond donors (Lipinski definition) is 1. The molecule has 2 aromatic carbocycles. The van der Waals surface area contributed by atoms with Gasteiger partial charge < -0.3 is 23.8 Å². The number of anilines is 1. The van der Waals surface area contributed by atoms with Crippen LogP contribution in [0.5, 0.6) is 11.5 Å².